The van der Waals surface area contributed by atoms with Crippen LogP contribution in [0.4, 0.5) is 26.4 Å². The number of nitrogens with one attached hydrogen (secondary N) is 2. The number of hydrogen-bond donors (Lipinski definition) is 3. The first kappa shape index (κ1) is 22.2. The molecule has 0 radical (unpaired) electrons. The van der Waals surface area contributed by atoms with Crippen LogP contribution in [0.2, 0.25) is 0 Å². The summed E-state index contributed by atoms with van der Waals surface area (Å²) in [4.78, 5) is 24.4. The van der Waals surface area contributed by atoms with Crippen LogP contribution in [0.5, 0.6) is 5.88 Å². The number of rotatable bonds is 7. The van der Waals surface area contributed by atoms with Gasteiger partial charge < -0.3 is 25.0 Å². The van der Waals surface area contributed by atoms with Crippen molar-refractivity contribution in [2.75, 3.05) is 24.4 Å². The highest BCUT2D eigenvalue weighted by atomic mass is 19.3. The normalized spacial score (nSPS) is 22.7. The number of halogens is 2. The zero-order chi connectivity index (χ0) is 22.8. The van der Waals surface area contributed by atoms with Gasteiger partial charge in [-0.2, -0.15) is 23.8 Å². The molecule has 3 N–H and O–H groups in total. The summed E-state index contributed by atoms with van der Waals surface area (Å²) < 4.78 is 31.5. The molecular weight excluding hydrogens is 424 g/mol. The molecule has 0 aliphatic carbocycles. The van der Waals surface area contributed by atoms with Crippen molar-refractivity contribution in [3.05, 3.63) is 17.8 Å². The minimum absolute atomic E-state index is 0.00152. The third kappa shape index (κ3) is 4.45. The number of aliphatic hydroxyl groups excluding tert-OH is 1. The van der Waals surface area contributed by atoms with Crippen molar-refractivity contribution in [2.24, 2.45) is 0 Å². The third-order valence-corrected chi connectivity index (χ3v) is 6.21. The van der Waals surface area contributed by atoms with E-state index in [1.165, 1.54) is 12.0 Å². The Hall–Kier alpha value is -3.02. The summed E-state index contributed by atoms with van der Waals surface area (Å²) in [7, 11) is 3.37. The lowest BCUT2D eigenvalue weighted by molar-refractivity contribution is -0.153. The van der Waals surface area contributed by atoms with Crippen LogP contribution in [0.15, 0.2) is 12.1 Å². The topological polar surface area (TPSA) is 119 Å². The molecular formula is C20H27F2N7O3. The van der Waals surface area contributed by atoms with Crippen molar-refractivity contribution < 1.29 is 23.4 Å². The first-order valence-corrected chi connectivity index (χ1v) is 10.6. The van der Waals surface area contributed by atoms with Crippen molar-refractivity contribution >= 4 is 23.5 Å². The maximum absolute atomic E-state index is 13.1. The molecule has 2 saturated heterocycles. The van der Waals surface area contributed by atoms with E-state index in [1.807, 2.05) is 11.9 Å². The number of piperidine rings is 2. The van der Waals surface area contributed by atoms with Gasteiger partial charge in [-0.25, -0.2) is 0 Å². The van der Waals surface area contributed by atoms with Crippen LogP contribution in [-0.2, 0) is 11.4 Å². The first-order chi connectivity index (χ1) is 15.4. The van der Waals surface area contributed by atoms with Crippen LogP contribution in [0.3, 0.4) is 0 Å². The molecule has 1 amide bonds. The summed E-state index contributed by atoms with van der Waals surface area (Å²) >= 11 is 0. The van der Waals surface area contributed by atoms with E-state index in [1.54, 1.807) is 12.1 Å². The molecule has 0 saturated carbocycles. The molecule has 2 bridgehead atoms. The first-order valence-electron chi connectivity index (χ1n) is 10.6. The van der Waals surface area contributed by atoms with Crippen LogP contribution in [0, 0.1) is 0 Å². The third-order valence-electron chi connectivity index (χ3n) is 6.21. The fourth-order valence-electron chi connectivity index (χ4n) is 4.68. The summed E-state index contributed by atoms with van der Waals surface area (Å²) in [6.07, 6.45) is 0.551. The van der Waals surface area contributed by atoms with Gasteiger partial charge in [-0.1, -0.05) is 0 Å². The second kappa shape index (κ2) is 9.23. The monoisotopic (exact) mass is 451 g/mol. The molecule has 4 heterocycles. The van der Waals surface area contributed by atoms with Gasteiger partial charge in [-0.3, -0.25) is 9.89 Å². The second-order valence-corrected chi connectivity index (χ2v) is 8.18. The molecule has 2 fully saturated rings. The highest BCUT2D eigenvalue weighted by molar-refractivity contribution is 5.80. The zero-order valence-electron chi connectivity index (χ0n) is 18.0. The van der Waals surface area contributed by atoms with Crippen molar-refractivity contribution in [3.63, 3.8) is 0 Å². The van der Waals surface area contributed by atoms with Crippen molar-refractivity contribution in [3.8, 4) is 5.88 Å². The Balaban J connectivity index is 1.53. The fourth-order valence-corrected chi connectivity index (χ4v) is 4.68. The molecule has 0 aromatic carbocycles. The zero-order valence-corrected chi connectivity index (χ0v) is 18.0. The van der Waals surface area contributed by atoms with Crippen LogP contribution < -0.4 is 15.0 Å². The number of ether oxygens (including phenoxy) is 1. The van der Waals surface area contributed by atoms with Crippen molar-refractivity contribution in [1.29, 1.82) is 0 Å². The number of hydrogen-bond acceptors (Lipinski definition) is 8. The molecule has 174 valence electrons. The van der Waals surface area contributed by atoms with Crippen molar-refractivity contribution in [1.82, 2.24) is 25.1 Å². The van der Waals surface area contributed by atoms with Crippen molar-refractivity contribution in [2.45, 2.75) is 63.3 Å². The van der Waals surface area contributed by atoms with E-state index < -0.39 is 12.3 Å². The van der Waals surface area contributed by atoms with Gasteiger partial charge in [0.2, 0.25) is 11.8 Å². The molecule has 10 nitrogen and oxygen atoms in total. The second-order valence-electron chi connectivity index (χ2n) is 8.18. The lowest BCUT2D eigenvalue weighted by Gasteiger charge is -2.50. The average Bonchev–Trinajstić information content (AvgIpc) is 3.24. The molecule has 12 heteroatoms. The Bertz CT molecular complexity index is 943. The van der Waals surface area contributed by atoms with Gasteiger partial charge in [0.15, 0.2) is 5.82 Å². The minimum Gasteiger partial charge on any atom is -0.481 e. The number of carbonyl (C=O) groups excluding carboxylic acids is 1. The number of fused-ring (bicyclic) bond motifs is 2. The Morgan fingerprint density at radius 2 is 2.03 bits per heavy atom. The molecule has 3 atom stereocenters. The molecule has 2 aliphatic rings. The Morgan fingerprint density at radius 3 is 2.62 bits per heavy atom. The number of aromatic amines is 1. The van der Waals surface area contributed by atoms with E-state index in [-0.39, 0.29) is 24.7 Å². The predicted octanol–water partition coefficient (Wildman–Crippen LogP) is 2.06. The van der Waals surface area contributed by atoms with Crippen LogP contribution in [0.25, 0.3) is 0 Å². The summed E-state index contributed by atoms with van der Waals surface area (Å²) in [5.41, 5.74) is 0.558. The number of nitrogens with zero attached hydrogens (tertiary/aromatic N) is 5. The predicted molar refractivity (Wildman–Crippen MR) is 112 cm³/mol. The van der Waals surface area contributed by atoms with Gasteiger partial charge in [0.1, 0.15) is 5.82 Å². The number of aromatic nitrogens is 4. The van der Waals surface area contributed by atoms with Gasteiger partial charge in [0.05, 0.1) is 19.4 Å². The van der Waals surface area contributed by atoms with E-state index in [9.17, 15) is 18.7 Å². The van der Waals surface area contributed by atoms with E-state index >= 15 is 0 Å². The Kier molecular flexibility index (Phi) is 6.40. The molecule has 2 aromatic heterocycles. The maximum Gasteiger partial charge on any atom is 0.315 e. The molecule has 4 rings (SSSR count). The number of methoxy groups -OCH3 is 1. The molecule has 32 heavy (non-hydrogen) atoms. The van der Waals surface area contributed by atoms with E-state index in [4.69, 9.17) is 4.74 Å². The Morgan fingerprint density at radius 1 is 1.31 bits per heavy atom. The van der Waals surface area contributed by atoms with Crippen LogP contribution in [-0.4, -0.2) is 74.8 Å². The summed E-state index contributed by atoms with van der Waals surface area (Å²) in [6, 6.07) is 2.87. The molecule has 2 aliphatic heterocycles. The van der Waals surface area contributed by atoms with Crippen LogP contribution >= 0.6 is 0 Å². The van der Waals surface area contributed by atoms with E-state index in [0.717, 1.165) is 19.3 Å². The standard InChI is InChI=1S/C20H27F2N7O3/c1-28(14-7-12-4-3-5-13(8-14)29(12)19(31)18(21)22)20-24-15(9-17(25-20)32-2)23-16-6-11(10-30)26-27-16/h6,9,12-14,18,30H,3-5,7-8,10H2,1-2H3,(H2,23,24,25,26,27)/t12-,13+,14-. The summed E-state index contributed by atoms with van der Waals surface area (Å²) in [6.45, 7) is -0.162. The van der Waals surface area contributed by atoms with Gasteiger partial charge >= 0.3 is 6.43 Å². The van der Waals surface area contributed by atoms with E-state index in [0.29, 0.717) is 42.0 Å². The maximum atomic E-state index is 13.1. The number of amides is 1. The minimum atomic E-state index is -2.98. The van der Waals surface area contributed by atoms with Gasteiger partial charge in [-0.15, -0.1) is 0 Å². The summed E-state index contributed by atoms with van der Waals surface area (Å²) in [5.74, 6) is 0.650. The highest BCUT2D eigenvalue weighted by Crippen LogP contribution is 2.37. The van der Waals surface area contributed by atoms with Gasteiger partial charge in [0.25, 0.3) is 5.91 Å². The van der Waals surface area contributed by atoms with E-state index in [2.05, 4.69) is 25.5 Å². The quantitative estimate of drug-likeness (QED) is 0.585. The largest absolute Gasteiger partial charge is 0.481 e. The number of aliphatic hydroxyl groups is 1. The lowest BCUT2D eigenvalue weighted by Crippen LogP contribution is -2.59. The average molecular weight is 451 g/mol. The molecule has 0 unspecified atom stereocenters. The smallest absolute Gasteiger partial charge is 0.315 e. The number of anilines is 3. The Labute approximate surface area is 184 Å². The van der Waals surface area contributed by atoms with Crippen LogP contribution in [0.1, 0.15) is 37.8 Å². The van der Waals surface area contributed by atoms with Gasteiger partial charge in [-0.05, 0) is 32.1 Å². The number of H-pyrrole nitrogens is 1. The summed E-state index contributed by atoms with van der Waals surface area (Å²) in [5, 5.41) is 19.0. The highest BCUT2D eigenvalue weighted by Gasteiger charge is 2.44. The fraction of sp³-hybridized carbons (Fsp3) is 0.600. The molecule has 0 spiro atoms. The number of alkyl halides is 2. The molecule has 2 aromatic rings. The SMILES string of the molecule is COc1cc(Nc2cc(CO)[nH]n2)nc(N(C)[C@@H]2C[C@H]3CCC[C@@H](C2)N3C(=O)C(F)F)n1. The lowest BCUT2D eigenvalue weighted by atomic mass is 9.81. The number of carbonyl (C=O) groups is 1. The van der Waals surface area contributed by atoms with Gasteiger partial charge in [0, 0.05) is 37.3 Å².